The van der Waals surface area contributed by atoms with Gasteiger partial charge in [-0.3, -0.25) is 9.52 Å². The van der Waals surface area contributed by atoms with Crippen LogP contribution in [0.15, 0.2) is 64.0 Å². The second-order valence-electron chi connectivity index (χ2n) is 7.08. The Morgan fingerprint density at radius 2 is 1.97 bits per heavy atom. The van der Waals surface area contributed by atoms with E-state index in [-0.39, 0.29) is 33.2 Å². The minimum absolute atomic E-state index is 0.0430. The number of carbonyl (C=O) groups is 1. The third kappa shape index (κ3) is 5.01. The lowest BCUT2D eigenvalue weighted by atomic mass is 10.1. The predicted molar refractivity (Wildman–Crippen MR) is 130 cm³/mol. The molecule has 0 radical (unpaired) electrons. The van der Waals surface area contributed by atoms with Crippen LogP contribution in [0.3, 0.4) is 0 Å². The Bertz CT molecular complexity index is 1480. The normalized spacial score (nSPS) is 11.5. The molecule has 12 heteroatoms. The zero-order chi connectivity index (χ0) is 23.8. The van der Waals surface area contributed by atoms with Crippen LogP contribution in [0.25, 0.3) is 11.0 Å². The molecule has 0 aliphatic carbocycles. The van der Waals surface area contributed by atoms with E-state index < -0.39 is 21.7 Å². The quantitative estimate of drug-likeness (QED) is 0.339. The first-order chi connectivity index (χ1) is 15.7. The molecular formula is C21H15BrClFN4O3S2. The average molecular weight is 570 g/mol. The van der Waals surface area contributed by atoms with Crippen LogP contribution >= 0.6 is 39.3 Å². The number of rotatable bonds is 6. The average Bonchev–Trinajstić information content (AvgIpc) is 3.24. The highest BCUT2D eigenvalue weighted by Gasteiger charge is 2.24. The summed E-state index contributed by atoms with van der Waals surface area (Å²) >= 11 is 10.3. The highest BCUT2D eigenvalue weighted by atomic mass is 79.9. The number of aromatic nitrogens is 2. The maximum Gasteiger partial charge on any atom is 0.264 e. The van der Waals surface area contributed by atoms with Gasteiger partial charge < -0.3 is 4.90 Å². The van der Waals surface area contributed by atoms with Crippen LogP contribution in [0.1, 0.15) is 15.9 Å². The van der Waals surface area contributed by atoms with Crippen LogP contribution < -0.4 is 4.72 Å². The van der Waals surface area contributed by atoms with Crippen molar-refractivity contribution in [2.75, 3.05) is 11.8 Å². The van der Waals surface area contributed by atoms with Crippen LogP contribution in [0.4, 0.5) is 10.1 Å². The number of halogens is 3. The zero-order valence-corrected chi connectivity index (χ0v) is 20.9. The monoisotopic (exact) mass is 568 g/mol. The Balaban J connectivity index is 1.66. The van der Waals surface area contributed by atoms with Gasteiger partial charge >= 0.3 is 0 Å². The summed E-state index contributed by atoms with van der Waals surface area (Å²) in [4.78, 5) is 14.5. The summed E-state index contributed by atoms with van der Waals surface area (Å²) in [5.74, 6) is -0.929. The van der Waals surface area contributed by atoms with Crippen LogP contribution in [-0.2, 0) is 16.6 Å². The standard InChI is InChI=1S/C21H15BrClFN4O3S2/c1-28(11-12-5-7-14(24)10-16(12)23)21(29)15-8-6-13(22)9-18(15)27-33(30,31)19-4-2-3-17-20(19)26-32-25-17/h2-10,27H,11H2,1H3. The van der Waals surface area contributed by atoms with Gasteiger partial charge in [0.1, 0.15) is 21.7 Å². The molecule has 7 nitrogen and oxygen atoms in total. The lowest BCUT2D eigenvalue weighted by Gasteiger charge is -2.20. The van der Waals surface area contributed by atoms with Crippen molar-refractivity contribution < 1.29 is 17.6 Å². The summed E-state index contributed by atoms with van der Waals surface area (Å²) in [6.45, 7) is 0.101. The molecule has 1 amide bonds. The van der Waals surface area contributed by atoms with Crippen molar-refractivity contribution in [2.45, 2.75) is 11.4 Å². The molecule has 33 heavy (non-hydrogen) atoms. The molecule has 4 rings (SSSR count). The van der Waals surface area contributed by atoms with E-state index in [4.69, 9.17) is 11.6 Å². The molecule has 0 spiro atoms. The van der Waals surface area contributed by atoms with Gasteiger partial charge in [-0.05, 0) is 48.0 Å². The fraction of sp³-hybridized carbons (Fsp3) is 0.0952. The minimum atomic E-state index is -4.08. The van der Waals surface area contributed by atoms with Gasteiger partial charge in [0.15, 0.2) is 0 Å². The number of carbonyl (C=O) groups excluding carboxylic acids is 1. The molecule has 0 fully saturated rings. The van der Waals surface area contributed by atoms with E-state index in [9.17, 15) is 17.6 Å². The minimum Gasteiger partial charge on any atom is -0.337 e. The molecule has 0 unspecified atom stereocenters. The molecule has 0 saturated heterocycles. The van der Waals surface area contributed by atoms with E-state index in [1.165, 1.54) is 41.3 Å². The van der Waals surface area contributed by atoms with E-state index in [1.54, 1.807) is 25.2 Å². The number of benzene rings is 3. The molecule has 0 aliphatic rings. The molecule has 1 heterocycles. The Hall–Kier alpha value is -2.60. The van der Waals surface area contributed by atoms with Gasteiger partial charge in [0, 0.05) is 23.1 Å². The molecule has 0 bridgehead atoms. The van der Waals surface area contributed by atoms with Crippen LogP contribution in [0, 0.1) is 5.82 Å². The third-order valence-electron chi connectivity index (χ3n) is 4.76. The molecule has 1 aromatic heterocycles. The number of hydrogen-bond acceptors (Lipinski definition) is 6. The van der Waals surface area contributed by atoms with E-state index in [0.717, 1.165) is 11.7 Å². The SMILES string of the molecule is CN(Cc1ccc(F)cc1Cl)C(=O)c1ccc(Br)cc1NS(=O)(=O)c1cccc2nsnc12. The van der Waals surface area contributed by atoms with E-state index in [0.29, 0.717) is 15.6 Å². The van der Waals surface area contributed by atoms with E-state index >= 15 is 0 Å². The number of anilines is 1. The predicted octanol–water partition coefficient (Wildman–Crippen LogP) is 5.32. The fourth-order valence-corrected chi connectivity index (χ4v) is 5.59. The van der Waals surface area contributed by atoms with Crippen LogP contribution in [-0.4, -0.2) is 35.0 Å². The summed E-state index contributed by atoms with van der Waals surface area (Å²) in [6.07, 6.45) is 0. The second-order valence-corrected chi connectivity index (χ2v) is 10.6. The highest BCUT2D eigenvalue weighted by molar-refractivity contribution is 9.10. The smallest absolute Gasteiger partial charge is 0.264 e. The Morgan fingerprint density at radius 3 is 2.73 bits per heavy atom. The number of fused-ring (bicyclic) bond motifs is 1. The summed E-state index contributed by atoms with van der Waals surface area (Å²) in [5.41, 5.74) is 1.49. The molecule has 0 aliphatic heterocycles. The van der Waals surface area contributed by atoms with Gasteiger partial charge in [-0.2, -0.15) is 8.75 Å². The number of amides is 1. The first-order valence-corrected chi connectivity index (χ1v) is 12.8. The Labute approximate surface area is 206 Å². The lowest BCUT2D eigenvalue weighted by molar-refractivity contribution is 0.0786. The third-order valence-corrected chi connectivity index (χ3v) is 7.55. The molecule has 3 aromatic carbocycles. The molecular weight excluding hydrogens is 555 g/mol. The first-order valence-electron chi connectivity index (χ1n) is 9.39. The van der Waals surface area contributed by atoms with Gasteiger partial charge in [0.25, 0.3) is 15.9 Å². The largest absolute Gasteiger partial charge is 0.337 e. The maximum absolute atomic E-state index is 13.3. The summed E-state index contributed by atoms with van der Waals surface area (Å²) < 4.78 is 50.9. The number of hydrogen-bond donors (Lipinski definition) is 1. The molecule has 170 valence electrons. The molecule has 1 N–H and O–H groups in total. The van der Waals surface area contributed by atoms with Gasteiger partial charge in [0.05, 0.1) is 23.0 Å². The van der Waals surface area contributed by atoms with Crippen molar-refractivity contribution in [3.63, 3.8) is 0 Å². The van der Waals surface area contributed by atoms with Crippen molar-refractivity contribution >= 4 is 71.9 Å². The summed E-state index contributed by atoms with van der Waals surface area (Å²) in [5, 5.41) is 0.191. The Morgan fingerprint density at radius 1 is 1.18 bits per heavy atom. The van der Waals surface area contributed by atoms with E-state index in [2.05, 4.69) is 29.4 Å². The van der Waals surface area contributed by atoms with Crippen molar-refractivity contribution in [1.29, 1.82) is 0 Å². The molecule has 0 atom stereocenters. The Kier molecular flexibility index (Phi) is 6.66. The van der Waals surface area contributed by atoms with Crippen LogP contribution in [0.5, 0.6) is 0 Å². The summed E-state index contributed by atoms with van der Waals surface area (Å²) in [6, 6.07) is 13.2. The maximum atomic E-state index is 13.3. The first kappa shape index (κ1) is 23.6. The van der Waals surface area contributed by atoms with Crippen molar-refractivity contribution in [2.24, 2.45) is 0 Å². The van der Waals surface area contributed by atoms with Crippen molar-refractivity contribution in [3.05, 3.63) is 81.0 Å². The lowest BCUT2D eigenvalue weighted by Crippen LogP contribution is -2.28. The number of sulfonamides is 1. The zero-order valence-electron chi connectivity index (χ0n) is 16.9. The fourth-order valence-electron chi connectivity index (χ4n) is 3.17. The van der Waals surface area contributed by atoms with E-state index in [1.807, 2.05) is 0 Å². The van der Waals surface area contributed by atoms with Gasteiger partial charge in [-0.25, -0.2) is 12.8 Å². The van der Waals surface area contributed by atoms with Gasteiger partial charge in [-0.1, -0.05) is 39.7 Å². The number of nitrogens with one attached hydrogen (secondary N) is 1. The second kappa shape index (κ2) is 9.34. The highest BCUT2D eigenvalue weighted by Crippen LogP contribution is 2.28. The van der Waals surface area contributed by atoms with Crippen molar-refractivity contribution in [3.8, 4) is 0 Å². The number of nitrogens with zero attached hydrogens (tertiary/aromatic N) is 3. The molecule has 4 aromatic rings. The topological polar surface area (TPSA) is 92.3 Å². The van der Waals surface area contributed by atoms with Crippen molar-refractivity contribution in [1.82, 2.24) is 13.6 Å². The van der Waals surface area contributed by atoms with Crippen LogP contribution in [0.2, 0.25) is 5.02 Å². The molecule has 0 saturated carbocycles. The van der Waals surface area contributed by atoms with Gasteiger partial charge in [0.2, 0.25) is 0 Å². The summed E-state index contributed by atoms with van der Waals surface area (Å²) in [7, 11) is -2.53. The van der Waals surface area contributed by atoms with Gasteiger partial charge in [-0.15, -0.1) is 0 Å².